The second-order valence-electron chi connectivity index (χ2n) is 0.651. The molecule has 6 heteroatoms. The number of rotatable bonds is 1. The Morgan fingerprint density at radius 2 is 2.00 bits per heavy atom. The fourth-order valence-electron chi connectivity index (χ4n) is 0. The minimum absolute atomic E-state index is 0. The van der Waals surface area contributed by atoms with Gasteiger partial charge in [-0.05, 0) is 0 Å². The van der Waals surface area contributed by atoms with Gasteiger partial charge in [-0.2, -0.15) is 0 Å². The van der Waals surface area contributed by atoms with Crippen molar-refractivity contribution in [1.82, 2.24) is 0 Å². The van der Waals surface area contributed by atoms with Crippen LogP contribution in [0.2, 0.25) is 0 Å². The van der Waals surface area contributed by atoms with E-state index in [0.29, 0.717) is 0 Å². The largest absolute Gasteiger partial charge is 1.00 e. The third-order valence-electron chi connectivity index (χ3n) is 0.231. The first-order valence-corrected chi connectivity index (χ1v) is 2.65. The minimum atomic E-state index is -4.40. The smallest absolute Gasteiger partial charge is 0.756 e. The molecular weight excluding hydrogens is 130 g/mol. The van der Waals surface area contributed by atoms with Crippen LogP contribution in [0.5, 0.6) is 0 Å². The van der Waals surface area contributed by atoms with Gasteiger partial charge in [0.05, 0.1) is 0 Å². The molecule has 0 aliphatic rings. The van der Waals surface area contributed by atoms with Crippen molar-refractivity contribution in [3.8, 4) is 0 Å². The first kappa shape index (κ1) is 11.0. The van der Waals surface area contributed by atoms with E-state index in [4.69, 9.17) is 4.89 Å². The molecule has 0 saturated carbocycles. The third kappa shape index (κ3) is 11.0. The van der Waals surface area contributed by atoms with Crippen molar-refractivity contribution in [2.45, 2.75) is 0 Å². The Bertz CT molecular complexity index is 75.8. The molecule has 1 N–H and O–H groups in total. The van der Waals surface area contributed by atoms with Crippen molar-refractivity contribution in [1.29, 1.82) is 0 Å². The second-order valence-corrected chi connectivity index (χ2v) is 1.95. The fourth-order valence-corrected chi connectivity index (χ4v) is 0. The quantitative estimate of drug-likeness (QED) is 0.294. The van der Waals surface area contributed by atoms with Crippen LogP contribution in [-0.4, -0.2) is 12.0 Å². The molecule has 0 aliphatic carbocycles. The Morgan fingerprint density at radius 3 is 2.00 bits per heavy atom. The molecule has 0 radical (unpaired) electrons. The van der Waals surface area contributed by atoms with E-state index in [1.54, 1.807) is 0 Å². The molecule has 0 aromatic rings. The van der Waals surface area contributed by atoms with Crippen LogP contribution >= 0.6 is 7.82 Å². The van der Waals surface area contributed by atoms with Crippen LogP contribution in [0, 0.1) is 0 Å². The summed E-state index contributed by atoms with van der Waals surface area (Å²) < 4.78 is 12.9. The molecule has 0 bridgehead atoms. The number of phosphoric acid groups is 1. The van der Waals surface area contributed by atoms with Crippen molar-refractivity contribution in [2.24, 2.45) is 0 Å². The van der Waals surface area contributed by atoms with Gasteiger partial charge in [-0.1, -0.05) is 0 Å². The van der Waals surface area contributed by atoms with Gasteiger partial charge in [-0.25, -0.2) is 0 Å². The molecule has 0 rings (SSSR count). The second kappa shape index (κ2) is 4.04. The summed E-state index contributed by atoms with van der Waals surface area (Å²) in [6.07, 6.45) is 0. The molecule has 1 atom stereocenters. The van der Waals surface area contributed by atoms with Gasteiger partial charge in [0.1, 0.15) is 0 Å². The summed E-state index contributed by atoms with van der Waals surface area (Å²) in [5.41, 5.74) is 0. The van der Waals surface area contributed by atoms with Gasteiger partial charge in [-0.3, -0.25) is 4.57 Å². The van der Waals surface area contributed by atoms with Crippen LogP contribution in [0.15, 0.2) is 0 Å². The fraction of sp³-hybridized carbons (Fsp3) is 1.00. The zero-order valence-electron chi connectivity index (χ0n) is 4.12. The Hall–Kier alpha value is 1.11. The molecule has 0 spiro atoms. The standard InChI is InChI=1S/CH5O4P.Na/c1-5-6(2,3)4;/h1H3,(H2,2,3,4);/q;+1/p-1. The van der Waals surface area contributed by atoms with Gasteiger partial charge in [0.2, 0.25) is 0 Å². The van der Waals surface area contributed by atoms with Crippen LogP contribution in [0.25, 0.3) is 0 Å². The average molecular weight is 134 g/mol. The van der Waals surface area contributed by atoms with Crippen LogP contribution < -0.4 is 34.5 Å². The van der Waals surface area contributed by atoms with Crippen molar-refractivity contribution in [3.63, 3.8) is 0 Å². The summed E-state index contributed by atoms with van der Waals surface area (Å²) in [6, 6.07) is 0. The van der Waals surface area contributed by atoms with Crippen molar-refractivity contribution in [3.05, 3.63) is 0 Å². The Kier molecular flexibility index (Phi) is 6.33. The minimum Gasteiger partial charge on any atom is -0.756 e. The average Bonchev–Trinajstić information content (AvgIpc) is 1.35. The summed E-state index contributed by atoms with van der Waals surface area (Å²) in [4.78, 5) is 17.0. The summed E-state index contributed by atoms with van der Waals surface area (Å²) in [7, 11) is -3.51. The van der Waals surface area contributed by atoms with E-state index in [2.05, 4.69) is 4.52 Å². The summed E-state index contributed by atoms with van der Waals surface area (Å²) in [6.45, 7) is 0. The zero-order valence-corrected chi connectivity index (χ0v) is 7.01. The normalized spacial score (nSPS) is 17.0. The summed E-state index contributed by atoms with van der Waals surface area (Å²) >= 11 is 0. The topological polar surface area (TPSA) is 69.6 Å². The van der Waals surface area contributed by atoms with Crippen LogP contribution in [-0.2, 0) is 9.09 Å². The van der Waals surface area contributed by atoms with E-state index in [1.165, 1.54) is 0 Å². The Morgan fingerprint density at radius 1 is 1.86 bits per heavy atom. The first-order chi connectivity index (χ1) is 2.56. The maximum atomic E-state index is 9.36. The predicted octanol–water partition coefficient (Wildman–Crippen LogP) is -3.90. The van der Waals surface area contributed by atoms with E-state index in [1.807, 2.05) is 0 Å². The van der Waals surface area contributed by atoms with Gasteiger partial charge in [-0.15, -0.1) is 0 Å². The van der Waals surface area contributed by atoms with Gasteiger partial charge in [0.15, 0.2) is 0 Å². The molecule has 7 heavy (non-hydrogen) atoms. The van der Waals surface area contributed by atoms with Crippen molar-refractivity contribution in [2.75, 3.05) is 7.11 Å². The van der Waals surface area contributed by atoms with E-state index < -0.39 is 7.82 Å². The van der Waals surface area contributed by atoms with E-state index >= 15 is 0 Å². The number of hydrogen-bond acceptors (Lipinski definition) is 3. The molecule has 4 nitrogen and oxygen atoms in total. The van der Waals surface area contributed by atoms with Crippen LogP contribution in [0.3, 0.4) is 0 Å². The SMILES string of the molecule is COP(=O)([O-])O.[Na+]. The molecule has 38 valence electrons. The molecule has 1 unspecified atom stereocenters. The number of phosphoric ester groups is 1. The van der Waals surface area contributed by atoms with Gasteiger partial charge < -0.3 is 14.3 Å². The molecule has 0 fully saturated rings. The van der Waals surface area contributed by atoms with E-state index in [9.17, 15) is 9.46 Å². The van der Waals surface area contributed by atoms with Gasteiger partial charge in [0.25, 0.3) is 7.82 Å². The van der Waals surface area contributed by atoms with Gasteiger partial charge in [0, 0.05) is 7.11 Å². The van der Waals surface area contributed by atoms with E-state index in [0.717, 1.165) is 7.11 Å². The van der Waals surface area contributed by atoms with E-state index in [-0.39, 0.29) is 29.6 Å². The molecule has 0 heterocycles. The van der Waals surface area contributed by atoms with Crippen LogP contribution in [0.4, 0.5) is 0 Å². The zero-order chi connectivity index (χ0) is 5.21. The molecule has 0 aromatic carbocycles. The van der Waals surface area contributed by atoms with Crippen LogP contribution in [0.1, 0.15) is 0 Å². The summed E-state index contributed by atoms with van der Waals surface area (Å²) in [5.74, 6) is 0. The maximum Gasteiger partial charge on any atom is 1.00 e. The number of hydrogen-bond donors (Lipinski definition) is 1. The molecule has 0 aliphatic heterocycles. The molecule has 0 amide bonds. The van der Waals surface area contributed by atoms with Crippen molar-refractivity contribution < 1.29 is 48.4 Å². The molecular formula is CH4NaO4P. The predicted molar refractivity (Wildman–Crippen MR) is 16.8 cm³/mol. The van der Waals surface area contributed by atoms with Crippen molar-refractivity contribution >= 4 is 7.82 Å². The maximum absolute atomic E-state index is 9.36. The Labute approximate surface area is 63.4 Å². The van der Waals surface area contributed by atoms with Gasteiger partial charge >= 0.3 is 29.6 Å². The summed E-state index contributed by atoms with van der Waals surface area (Å²) in [5, 5.41) is 0. The monoisotopic (exact) mass is 134 g/mol. The Balaban J connectivity index is 0. The molecule has 0 aromatic heterocycles. The third-order valence-corrected chi connectivity index (χ3v) is 0.692. The first-order valence-electron chi connectivity index (χ1n) is 1.16. The molecule has 0 saturated heterocycles.